The van der Waals surface area contributed by atoms with Crippen LogP contribution in [0.2, 0.25) is 0 Å². The van der Waals surface area contributed by atoms with Crippen LogP contribution in [0.25, 0.3) is 0 Å². The lowest BCUT2D eigenvalue weighted by molar-refractivity contribution is -0.116. The third-order valence-electron chi connectivity index (χ3n) is 3.37. The Kier molecular flexibility index (Phi) is 6.91. The smallest absolute Gasteiger partial charge is 0.337 e. The molecule has 1 aromatic rings. The van der Waals surface area contributed by atoms with Gasteiger partial charge < -0.3 is 20.6 Å². The van der Waals surface area contributed by atoms with Gasteiger partial charge in [-0.1, -0.05) is 26.2 Å². The van der Waals surface area contributed by atoms with E-state index in [0.717, 1.165) is 31.4 Å². The average molecular weight is 337 g/mol. The molecule has 0 bridgehead atoms. The van der Waals surface area contributed by atoms with E-state index < -0.39 is 46.2 Å². The Balaban J connectivity index is 3.15. The number of nitrogens with one attached hydrogen (secondary N) is 1. The molecule has 1 rings (SSSR count). The van der Waals surface area contributed by atoms with Crippen LogP contribution in [-0.4, -0.2) is 39.1 Å². The van der Waals surface area contributed by atoms with Crippen molar-refractivity contribution in [2.75, 3.05) is 5.32 Å². The molecule has 1 amide bonds. The molecule has 8 heteroatoms. The number of carbonyl (C=O) groups is 4. The molecule has 24 heavy (non-hydrogen) atoms. The van der Waals surface area contributed by atoms with Crippen molar-refractivity contribution in [1.82, 2.24) is 0 Å². The van der Waals surface area contributed by atoms with Gasteiger partial charge in [0.2, 0.25) is 5.91 Å². The number of rotatable bonds is 9. The normalized spacial score (nSPS) is 10.2. The lowest BCUT2D eigenvalue weighted by Crippen LogP contribution is -2.19. The second-order valence-electron chi connectivity index (χ2n) is 5.22. The molecule has 0 aliphatic rings. The number of benzene rings is 1. The summed E-state index contributed by atoms with van der Waals surface area (Å²) in [5.41, 5.74) is -2.03. The van der Waals surface area contributed by atoms with Crippen LogP contribution in [0.3, 0.4) is 0 Å². The molecular weight excluding hydrogens is 318 g/mol. The Morgan fingerprint density at radius 2 is 1.42 bits per heavy atom. The van der Waals surface area contributed by atoms with Crippen molar-refractivity contribution in [3.8, 4) is 0 Å². The fraction of sp³-hybridized carbons (Fsp3) is 0.375. The van der Waals surface area contributed by atoms with Gasteiger partial charge in [-0.3, -0.25) is 4.79 Å². The maximum atomic E-state index is 11.9. The minimum absolute atomic E-state index is 0.124. The summed E-state index contributed by atoms with van der Waals surface area (Å²) in [4.78, 5) is 45.6. The maximum Gasteiger partial charge on any atom is 0.337 e. The molecule has 0 fully saturated rings. The van der Waals surface area contributed by atoms with E-state index in [-0.39, 0.29) is 6.42 Å². The van der Waals surface area contributed by atoms with Crippen molar-refractivity contribution >= 4 is 29.5 Å². The van der Waals surface area contributed by atoms with E-state index in [2.05, 4.69) is 5.32 Å². The zero-order chi connectivity index (χ0) is 18.3. The van der Waals surface area contributed by atoms with Crippen LogP contribution in [0, 0.1) is 0 Å². The Hall–Kier alpha value is -2.90. The van der Waals surface area contributed by atoms with Gasteiger partial charge >= 0.3 is 17.9 Å². The van der Waals surface area contributed by atoms with Crippen molar-refractivity contribution in [1.29, 1.82) is 0 Å². The highest BCUT2D eigenvalue weighted by molar-refractivity contribution is 6.10. The highest BCUT2D eigenvalue weighted by atomic mass is 16.4. The van der Waals surface area contributed by atoms with Crippen LogP contribution in [0.15, 0.2) is 12.1 Å². The first-order valence-electron chi connectivity index (χ1n) is 7.45. The summed E-state index contributed by atoms with van der Waals surface area (Å²) < 4.78 is 0. The Bertz CT molecular complexity index is 631. The van der Waals surface area contributed by atoms with Crippen molar-refractivity contribution in [3.63, 3.8) is 0 Å². The SMILES string of the molecule is CCCCCCC(=O)Nc1c(C(=O)O)cc(C(=O)O)cc1C(=O)O. The van der Waals surface area contributed by atoms with Crippen molar-refractivity contribution in [2.45, 2.75) is 39.0 Å². The molecule has 0 aromatic heterocycles. The summed E-state index contributed by atoms with van der Waals surface area (Å²) in [6, 6.07) is 1.65. The highest BCUT2D eigenvalue weighted by Gasteiger charge is 2.23. The highest BCUT2D eigenvalue weighted by Crippen LogP contribution is 2.25. The van der Waals surface area contributed by atoms with Gasteiger partial charge in [0.25, 0.3) is 0 Å². The van der Waals surface area contributed by atoms with Gasteiger partial charge in [-0.25, -0.2) is 14.4 Å². The Morgan fingerprint density at radius 3 is 1.83 bits per heavy atom. The molecule has 0 atom stereocenters. The predicted molar refractivity (Wildman–Crippen MR) is 84.7 cm³/mol. The van der Waals surface area contributed by atoms with Crippen molar-refractivity contribution in [2.24, 2.45) is 0 Å². The number of anilines is 1. The zero-order valence-corrected chi connectivity index (χ0v) is 13.2. The molecule has 8 nitrogen and oxygen atoms in total. The topological polar surface area (TPSA) is 141 Å². The molecule has 1 aromatic carbocycles. The van der Waals surface area contributed by atoms with Crippen molar-refractivity contribution < 1.29 is 34.5 Å². The Labute approximate surface area is 138 Å². The first-order chi connectivity index (χ1) is 11.3. The molecular formula is C16H19NO7. The Morgan fingerprint density at radius 1 is 0.875 bits per heavy atom. The number of carboxylic acid groups (broad SMARTS) is 3. The zero-order valence-electron chi connectivity index (χ0n) is 13.2. The van der Waals surface area contributed by atoms with Gasteiger partial charge in [-0.15, -0.1) is 0 Å². The largest absolute Gasteiger partial charge is 0.478 e. The monoisotopic (exact) mass is 337 g/mol. The number of aromatic carboxylic acids is 3. The number of carboxylic acids is 3. The molecule has 0 spiro atoms. The minimum Gasteiger partial charge on any atom is -0.478 e. The lowest BCUT2D eigenvalue weighted by atomic mass is 10.0. The molecule has 0 aliphatic carbocycles. The van der Waals surface area contributed by atoms with Gasteiger partial charge in [-0.05, 0) is 18.6 Å². The average Bonchev–Trinajstić information content (AvgIpc) is 2.50. The molecule has 0 radical (unpaired) electrons. The van der Waals surface area contributed by atoms with Gasteiger partial charge in [0.1, 0.15) is 0 Å². The fourth-order valence-corrected chi connectivity index (χ4v) is 2.15. The first-order valence-corrected chi connectivity index (χ1v) is 7.45. The van der Waals surface area contributed by atoms with E-state index >= 15 is 0 Å². The second-order valence-corrected chi connectivity index (χ2v) is 5.22. The van der Waals surface area contributed by atoms with Gasteiger partial charge in [0.15, 0.2) is 0 Å². The number of amides is 1. The second kappa shape index (κ2) is 8.66. The van der Waals surface area contributed by atoms with Crippen molar-refractivity contribution in [3.05, 3.63) is 28.8 Å². The predicted octanol–water partition coefficient (Wildman–Crippen LogP) is 2.69. The van der Waals surface area contributed by atoms with Gasteiger partial charge in [-0.2, -0.15) is 0 Å². The summed E-state index contributed by atoms with van der Waals surface area (Å²) in [7, 11) is 0. The van der Waals surface area contributed by atoms with E-state index in [1.54, 1.807) is 0 Å². The van der Waals surface area contributed by atoms with Gasteiger partial charge in [0, 0.05) is 6.42 Å². The number of carbonyl (C=O) groups excluding carboxylic acids is 1. The lowest BCUT2D eigenvalue weighted by Gasteiger charge is -2.13. The van der Waals surface area contributed by atoms with Crippen LogP contribution in [-0.2, 0) is 4.79 Å². The maximum absolute atomic E-state index is 11.9. The quantitative estimate of drug-likeness (QED) is 0.507. The molecule has 0 heterocycles. The first kappa shape index (κ1) is 19.1. The summed E-state index contributed by atoms with van der Waals surface area (Å²) in [5.74, 6) is -5.03. The van der Waals surface area contributed by atoms with E-state index in [1.165, 1.54) is 0 Å². The summed E-state index contributed by atoms with van der Waals surface area (Å²) in [6.07, 6.45) is 3.50. The van der Waals surface area contributed by atoms with E-state index in [4.69, 9.17) is 5.11 Å². The van der Waals surface area contributed by atoms with E-state index in [1.807, 2.05) is 6.92 Å². The minimum atomic E-state index is -1.53. The van der Waals surface area contributed by atoms with Crippen LogP contribution in [0.1, 0.15) is 70.1 Å². The van der Waals surface area contributed by atoms with Crippen LogP contribution < -0.4 is 5.32 Å². The summed E-state index contributed by atoms with van der Waals surface area (Å²) in [6.45, 7) is 2.02. The number of hydrogen-bond donors (Lipinski definition) is 4. The van der Waals surface area contributed by atoms with Crippen LogP contribution in [0.5, 0.6) is 0 Å². The molecule has 0 aliphatic heterocycles. The standard InChI is InChI=1S/C16H19NO7/c1-2-3-4-5-6-12(18)17-13-10(15(21)22)7-9(14(19)20)8-11(13)16(23)24/h7-8H,2-6H2,1H3,(H,17,18)(H,19,20)(H,21,22)(H,23,24). The van der Waals surface area contributed by atoms with Crippen LogP contribution >= 0.6 is 0 Å². The molecule has 130 valence electrons. The third-order valence-corrected chi connectivity index (χ3v) is 3.37. The molecule has 0 saturated heterocycles. The van der Waals surface area contributed by atoms with E-state index in [0.29, 0.717) is 6.42 Å². The summed E-state index contributed by atoms with van der Waals surface area (Å²) in [5, 5.41) is 29.7. The molecule has 4 N–H and O–H groups in total. The fourth-order valence-electron chi connectivity index (χ4n) is 2.15. The van der Waals surface area contributed by atoms with Crippen LogP contribution in [0.4, 0.5) is 5.69 Å². The van der Waals surface area contributed by atoms with E-state index in [9.17, 15) is 29.4 Å². The molecule has 0 unspecified atom stereocenters. The third kappa shape index (κ3) is 5.08. The van der Waals surface area contributed by atoms with Gasteiger partial charge in [0.05, 0.1) is 22.4 Å². The number of hydrogen-bond acceptors (Lipinski definition) is 4. The number of unbranched alkanes of at least 4 members (excludes halogenated alkanes) is 3. The summed E-state index contributed by atoms with van der Waals surface area (Å²) >= 11 is 0. The molecule has 0 saturated carbocycles.